The summed E-state index contributed by atoms with van der Waals surface area (Å²) in [5, 5.41) is 10.3. The molecule has 19 heavy (non-hydrogen) atoms. The van der Waals surface area contributed by atoms with E-state index < -0.39 is 6.10 Å². The normalized spacial score (nSPS) is 23.1. The zero-order chi connectivity index (χ0) is 13.4. The third-order valence-electron chi connectivity index (χ3n) is 3.75. The van der Waals surface area contributed by atoms with Gasteiger partial charge in [0, 0.05) is 10.0 Å². The summed E-state index contributed by atoms with van der Waals surface area (Å²) in [7, 11) is 0. The number of halogens is 2. The second kappa shape index (κ2) is 5.06. The number of rotatable bonds is 3. The Morgan fingerprint density at radius 3 is 2.63 bits per heavy atom. The fraction of sp³-hybridized carbons (Fsp3) is 0.250. The second-order valence-corrected chi connectivity index (χ2v) is 5.94. The highest BCUT2D eigenvalue weighted by atomic mass is 79.9. The lowest BCUT2D eigenvalue weighted by Gasteiger charge is -2.12. The molecule has 0 saturated heterocycles. The van der Waals surface area contributed by atoms with Crippen molar-refractivity contribution in [2.75, 3.05) is 0 Å². The van der Waals surface area contributed by atoms with Crippen molar-refractivity contribution in [2.24, 2.45) is 5.92 Å². The molecule has 0 radical (unpaired) electrons. The molecule has 1 aliphatic carbocycles. The fourth-order valence-electron chi connectivity index (χ4n) is 2.62. The van der Waals surface area contributed by atoms with Crippen LogP contribution in [0, 0.1) is 11.7 Å². The Morgan fingerprint density at radius 2 is 1.89 bits per heavy atom. The predicted octanol–water partition coefficient (Wildman–Crippen LogP) is 4.43. The molecule has 0 spiro atoms. The summed E-state index contributed by atoms with van der Waals surface area (Å²) >= 11 is 3.32. The van der Waals surface area contributed by atoms with Crippen LogP contribution in [-0.2, 0) is 0 Å². The smallest absolute Gasteiger partial charge is 0.129 e. The van der Waals surface area contributed by atoms with E-state index in [4.69, 9.17) is 0 Å². The standard InChI is InChI=1S/C16H14BrFO/c17-11-6-7-15(18)14(8-11)16(19)13-9-12(13)10-4-2-1-3-5-10/h1-8,12-13,16,19H,9H2. The number of aliphatic hydroxyl groups is 1. The highest BCUT2D eigenvalue weighted by Crippen LogP contribution is 2.54. The molecule has 98 valence electrons. The topological polar surface area (TPSA) is 20.2 Å². The van der Waals surface area contributed by atoms with Crippen LogP contribution in [0.5, 0.6) is 0 Å². The first-order valence-electron chi connectivity index (χ1n) is 6.35. The first-order chi connectivity index (χ1) is 9.16. The van der Waals surface area contributed by atoms with Crippen LogP contribution in [-0.4, -0.2) is 5.11 Å². The molecule has 1 saturated carbocycles. The Kier molecular flexibility index (Phi) is 3.42. The first kappa shape index (κ1) is 12.8. The van der Waals surface area contributed by atoms with Crippen molar-refractivity contribution in [2.45, 2.75) is 18.4 Å². The van der Waals surface area contributed by atoms with Gasteiger partial charge >= 0.3 is 0 Å². The fourth-order valence-corrected chi connectivity index (χ4v) is 3.00. The summed E-state index contributed by atoms with van der Waals surface area (Å²) in [4.78, 5) is 0. The molecule has 0 aromatic heterocycles. The molecule has 3 unspecified atom stereocenters. The molecule has 1 fully saturated rings. The van der Waals surface area contributed by atoms with Crippen molar-refractivity contribution in [1.82, 2.24) is 0 Å². The Hall–Kier alpha value is -1.19. The Balaban J connectivity index is 1.80. The number of hydrogen-bond acceptors (Lipinski definition) is 1. The summed E-state index contributed by atoms with van der Waals surface area (Å²) in [5.41, 5.74) is 1.61. The van der Waals surface area contributed by atoms with E-state index in [9.17, 15) is 9.50 Å². The highest BCUT2D eigenvalue weighted by Gasteiger charge is 2.44. The Labute approximate surface area is 120 Å². The molecule has 0 bridgehead atoms. The van der Waals surface area contributed by atoms with Crippen LogP contribution < -0.4 is 0 Å². The van der Waals surface area contributed by atoms with Crippen LogP contribution in [0.2, 0.25) is 0 Å². The predicted molar refractivity (Wildman–Crippen MR) is 76.3 cm³/mol. The van der Waals surface area contributed by atoms with Crippen molar-refractivity contribution < 1.29 is 9.50 Å². The van der Waals surface area contributed by atoms with E-state index in [2.05, 4.69) is 28.1 Å². The summed E-state index contributed by atoms with van der Waals surface area (Å²) in [5.74, 6) is 0.121. The van der Waals surface area contributed by atoms with Gasteiger partial charge in [-0.3, -0.25) is 0 Å². The molecule has 1 nitrogen and oxygen atoms in total. The summed E-state index contributed by atoms with van der Waals surface area (Å²) in [6.45, 7) is 0. The first-order valence-corrected chi connectivity index (χ1v) is 7.14. The van der Waals surface area contributed by atoms with E-state index in [1.807, 2.05) is 18.2 Å². The number of aliphatic hydroxyl groups excluding tert-OH is 1. The molecule has 2 aromatic rings. The van der Waals surface area contributed by atoms with Crippen molar-refractivity contribution >= 4 is 15.9 Å². The van der Waals surface area contributed by atoms with Crippen LogP contribution in [0.1, 0.15) is 29.6 Å². The zero-order valence-electron chi connectivity index (χ0n) is 10.3. The van der Waals surface area contributed by atoms with Crippen LogP contribution in [0.25, 0.3) is 0 Å². The van der Waals surface area contributed by atoms with Crippen molar-refractivity contribution in [1.29, 1.82) is 0 Å². The molecule has 1 N–H and O–H groups in total. The molecule has 2 aromatic carbocycles. The van der Waals surface area contributed by atoms with Gasteiger partial charge < -0.3 is 5.11 Å². The van der Waals surface area contributed by atoms with Gasteiger partial charge in [0.05, 0.1) is 6.10 Å². The molecule has 0 amide bonds. The van der Waals surface area contributed by atoms with Gasteiger partial charge in [-0.2, -0.15) is 0 Å². The maximum Gasteiger partial charge on any atom is 0.129 e. The van der Waals surface area contributed by atoms with Gasteiger partial charge in [-0.25, -0.2) is 4.39 Å². The van der Waals surface area contributed by atoms with E-state index in [-0.39, 0.29) is 11.7 Å². The quantitative estimate of drug-likeness (QED) is 0.887. The van der Waals surface area contributed by atoms with E-state index in [1.54, 1.807) is 12.1 Å². The SMILES string of the molecule is OC(c1cc(Br)ccc1F)C1CC1c1ccccc1. The molecule has 0 aliphatic heterocycles. The third-order valence-corrected chi connectivity index (χ3v) is 4.24. The van der Waals surface area contributed by atoms with Gasteiger partial charge in [-0.15, -0.1) is 0 Å². The van der Waals surface area contributed by atoms with Crippen molar-refractivity contribution in [3.63, 3.8) is 0 Å². The molecule has 0 heterocycles. The lowest BCUT2D eigenvalue weighted by molar-refractivity contribution is 0.146. The minimum atomic E-state index is -0.734. The minimum Gasteiger partial charge on any atom is -0.388 e. The molecule has 3 rings (SSSR count). The Morgan fingerprint density at radius 1 is 1.16 bits per heavy atom. The highest BCUT2D eigenvalue weighted by molar-refractivity contribution is 9.10. The molecular weight excluding hydrogens is 307 g/mol. The minimum absolute atomic E-state index is 0.117. The lowest BCUT2D eigenvalue weighted by Crippen LogP contribution is -2.04. The van der Waals surface area contributed by atoms with Crippen LogP contribution in [0.4, 0.5) is 4.39 Å². The lowest BCUT2D eigenvalue weighted by atomic mass is 10.0. The maximum atomic E-state index is 13.8. The van der Waals surface area contributed by atoms with Gasteiger partial charge in [0.2, 0.25) is 0 Å². The molecule has 3 heteroatoms. The van der Waals surface area contributed by atoms with Gasteiger partial charge in [0.25, 0.3) is 0 Å². The largest absolute Gasteiger partial charge is 0.388 e. The maximum absolute atomic E-state index is 13.8. The van der Waals surface area contributed by atoms with E-state index in [1.165, 1.54) is 11.6 Å². The number of benzene rings is 2. The summed E-state index contributed by atoms with van der Waals surface area (Å²) < 4.78 is 14.5. The van der Waals surface area contributed by atoms with Crippen molar-refractivity contribution in [3.05, 3.63) is 69.9 Å². The number of hydrogen-bond donors (Lipinski definition) is 1. The van der Waals surface area contributed by atoms with Crippen LogP contribution in [0.3, 0.4) is 0 Å². The second-order valence-electron chi connectivity index (χ2n) is 5.03. The van der Waals surface area contributed by atoms with E-state index in [0.717, 1.165) is 10.9 Å². The van der Waals surface area contributed by atoms with Gasteiger partial charge in [0.15, 0.2) is 0 Å². The average Bonchev–Trinajstić information content (AvgIpc) is 3.22. The van der Waals surface area contributed by atoms with Gasteiger partial charge in [-0.1, -0.05) is 46.3 Å². The molecule has 3 atom stereocenters. The van der Waals surface area contributed by atoms with Gasteiger partial charge in [0.1, 0.15) is 5.82 Å². The Bertz CT molecular complexity index is 585. The monoisotopic (exact) mass is 320 g/mol. The van der Waals surface area contributed by atoms with E-state index in [0.29, 0.717) is 11.5 Å². The van der Waals surface area contributed by atoms with Crippen LogP contribution in [0.15, 0.2) is 53.0 Å². The third kappa shape index (κ3) is 2.58. The summed E-state index contributed by atoms with van der Waals surface area (Å²) in [6.07, 6.45) is 0.180. The van der Waals surface area contributed by atoms with Crippen molar-refractivity contribution in [3.8, 4) is 0 Å². The summed E-state index contributed by atoms with van der Waals surface area (Å²) in [6, 6.07) is 14.8. The zero-order valence-corrected chi connectivity index (χ0v) is 11.8. The average molecular weight is 321 g/mol. The van der Waals surface area contributed by atoms with Gasteiger partial charge in [-0.05, 0) is 42.0 Å². The molecule has 1 aliphatic rings. The van der Waals surface area contributed by atoms with E-state index >= 15 is 0 Å². The molecular formula is C16H14BrFO. The van der Waals surface area contributed by atoms with Crippen LogP contribution >= 0.6 is 15.9 Å².